The molecule has 0 bridgehead atoms. The number of nitrogens with zero attached hydrogens (tertiary/aromatic N) is 4. The van der Waals surface area contributed by atoms with Gasteiger partial charge in [-0.1, -0.05) is 12.1 Å². The lowest BCUT2D eigenvalue weighted by atomic mass is 10.1. The van der Waals surface area contributed by atoms with Crippen molar-refractivity contribution in [3.8, 4) is 22.5 Å². The Morgan fingerprint density at radius 3 is 2.52 bits per heavy atom. The van der Waals surface area contributed by atoms with Crippen LogP contribution in [-0.2, 0) is 6.54 Å². The van der Waals surface area contributed by atoms with Crippen LogP contribution in [0.1, 0.15) is 16.9 Å². The third kappa shape index (κ3) is 5.50. The molecule has 0 aliphatic rings. The number of pyridine rings is 1. The maximum atomic E-state index is 11.5. The van der Waals surface area contributed by atoms with Gasteiger partial charge < -0.3 is 10.8 Å². The summed E-state index contributed by atoms with van der Waals surface area (Å²) in [5.74, 6) is -1.07. The lowest BCUT2D eigenvalue weighted by molar-refractivity contribution is -0.384. The largest absolute Gasteiger partial charge is 0.477 e. The number of carboxylic acid groups (broad SMARTS) is 1. The Labute approximate surface area is 178 Å². The van der Waals surface area contributed by atoms with Crippen molar-refractivity contribution in [3.63, 3.8) is 0 Å². The van der Waals surface area contributed by atoms with E-state index in [2.05, 4.69) is 10.1 Å². The average Bonchev–Trinajstić information content (AvgIpc) is 3.11. The Morgan fingerprint density at radius 1 is 1.14 bits per heavy atom. The van der Waals surface area contributed by atoms with Crippen molar-refractivity contribution >= 4 is 36.5 Å². The summed E-state index contributed by atoms with van der Waals surface area (Å²) < 4.78 is 1.41. The minimum atomic E-state index is -1.07. The number of carbonyl (C=O) groups is 1. The number of nitro benzene ring substituents is 1. The van der Waals surface area contributed by atoms with Gasteiger partial charge in [-0.2, -0.15) is 5.10 Å². The van der Waals surface area contributed by atoms with Gasteiger partial charge in [0.05, 0.1) is 16.3 Å². The zero-order valence-corrected chi connectivity index (χ0v) is 16.7. The maximum Gasteiger partial charge on any atom is 0.354 e. The zero-order valence-electron chi connectivity index (χ0n) is 15.1. The first-order valence-corrected chi connectivity index (χ1v) is 8.22. The minimum absolute atomic E-state index is 0. The van der Waals surface area contributed by atoms with E-state index in [1.165, 1.54) is 22.9 Å². The second-order valence-electron chi connectivity index (χ2n) is 5.82. The molecule has 3 N–H and O–H groups in total. The van der Waals surface area contributed by atoms with Crippen LogP contribution in [0.5, 0.6) is 0 Å². The van der Waals surface area contributed by atoms with E-state index in [0.29, 0.717) is 42.0 Å². The maximum absolute atomic E-state index is 11.5. The van der Waals surface area contributed by atoms with E-state index in [-0.39, 0.29) is 36.2 Å². The molecule has 0 spiro atoms. The van der Waals surface area contributed by atoms with Crippen LogP contribution in [-0.4, -0.2) is 37.3 Å². The molecule has 0 saturated carbocycles. The van der Waals surface area contributed by atoms with E-state index in [4.69, 9.17) is 5.73 Å². The van der Waals surface area contributed by atoms with E-state index in [9.17, 15) is 20.0 Å². The van der Waals surface area contributed by atoms with Gasteiger partial charge >= 0.3 is 5.97 Å². The molecule has 29 heavy (non-hydrogen) atoms. The first kappa shape index (κ1) is 24.0. The molecule has 0 saturated heterocycles. The number of halogens is 2. The Morgan fingerprint density at radius 2 is 1.86 bits per heavy atom. The van der Waals surface area contributed by atoms with Gasteiger partial charge in [0.25, 0.3) is 5.69 Å². The number of non-ortho nitro benzene ring substituents is 1. The van der Waals surface area contributed by atoms with Crippen LogP contribution in [0.4, 0.5) is 5.69 Å². The first-order valence-electron chi connectivity index (χ1n) is 8.22. The molecule has 1 aromatic carbocycles. The number of aromatic nitrogens is 3. The van der Waals surface area contributed by atoms with Crippen LogP contribution >= 0.6 is 24.8 Å². The summed E-state index contributed by atoms with van der Waals surface area (Å²) in [5.41, 5.74) is 7.81. The second-order valence-corrected chi connectivity index (χ2v) is 5.82. The van der Waals surface area contributed by atoms with Gasteiger partial charge in [-0.15, -0.1) is 24.8 Å². The van der Waals surface area contributed by atoms with Crippen molar-refractivity contribution in [3.05, 3.63) is 64.5 Å². The molecule has 11 heteroatoms. The molecule has 0 aliphatic carbocycles. The number of aryl methyl sites for hydroxylation is 1. The topological polar surface area (TPSA) is 137 Å². The van der Waals surface area contributed by atoms with Gasteiger partial charge in [0.15, 0.2) is 0 Å². The fourth-order valence-electron chi connectivity index (χ4n) is 2.67. The summed E-state index contributed by atoms with van der Waals surface area (Å²) in [5, 5.41) is 24.7. The van der Waals surface area contributed by atoms with Crippen LogP contribution < -0.4 is 5.73 Å². The quantitative estimate of drug-likeness (QED) is 0.424. The first-order chi connectivity index (χ1) is 13.0. The van der Waals surface area contributed by atoms with Crippen molar-refractivity contribution in [2.45, 2.75) is 13.0 Å². The summed E-state index contributed by atoms with van der Waals surface area (Å²) in [6.45, 7) is 0.835. The lowest BCUT2D eigenvalue weighted by Crippen LogP contribution is -2.12. The third-order valence-electron chi connectivity index (χ3n) is 3.98. The smallest absolute Gasteiger partial charge is 0.354 e. The van der Waals surface area contributed by atoms with Gasteiger partial charge in [-0.25, -0.2) is 4.79 Å². The molecule has 0 radical (unpaired) electrons. The normalized spacial score (nSPS) is 9.97. The van der Waals surface area contributed by atoms with Gasteiger partial charge in [-0.3, -0.25) is 19.8 Å². The number of hydrogen-bond acceptors (Lipinski definition) is 6. The van der Waals surface area contributed by atoms with E-state index in [1.807, 2.05) is 0 Å². The number of rotatable bonds is 7. The number of nitrogens with two attached hydrogens (primary N) is 1. The highest BCUT2D eigenvalue weighted by Gasteiger charge is 2.16. The third-order valence-corrected chi connectivity index (χ3v) is 3.98. The van der Waals surface area contributed by atoms with Crippen molar-refractivity contribution in [1.29, 1.82) is 0 Å². The number of aromatic carboxylic acids is 1. The standard InChI is InChI=1S/C18H17N5O4.2ClH/c19-6-2-8-22-17(18(24)25)11-16(21-22)13-5-7-20-15(10-13)12-3-1-4-14(9-12)23(26)27;;/h1,3-5,7,9-11H,2,6,8,19H2,(H,24,25);2*1H. The fraction of sp³-hybridized carbons (Fsp3) is 0.167. The van der Waals surface area contributed by atoms with Crippen LogP contribution in [0.3, 0.4) is 0 Å². The molecule has 2 heterocycles. The average molecular weight is 440 g/mol. The van der Waals surface area contributed by atoms with E-state index < -0.39 is 10.9 Å². The van der Waals surface area contributed by atoms with E-state index in [0.717, 1.165) is 0 Å². The number of nitro groups is 1. The Kier molecular flexibility index (Phi) is 8.71. The van der Waals surface area contributed by atoms with E-state index in [1.54, 1.807) is 30.5 Å². The molecule has 3 aromatic rings. The van der Waals surface area contributed by atoms with Gasteiger partial charge in [0.1, 0.15) is 5.69 Å². The Bertz CT molecular complexity index is 1010. The van der Waals surface area contributed by atoms with Crippen LogP contribution in [0.25, 0.3) is 22.5 Å². The van der Waals surface area contributed by atoms with Crippen molar-refractivity contribution < 1.29 is 14.8 Å². The predicted molar refractivity (Wildman–Crippen MR) is 113 cm³/mol. The van der Waals surface area contributed by atoms with Crippen LogP contribution in [0.15, 0.2) is 48.7 Å². The molecular weight excluding hydrogens is 421 g/mol. The highest BCUT2D eigenvalue weighted by molar-refractivity contribution is 5.87. The highest BCUT2D eigenvalue weighted by Crippen LogP contribution is 2.26. The van der Waals surface area contributed by atoms with Crippen molar-refractivity contribution in [2.24, 2.45) is 5.73 Å². The lowest BCUT2D eigenvalue weighted by Gasteiger charge is -2.04. The van der Waals surface area contributed by atoms with Crippen molar-refractivity contribution in [2.75, 3.05) is 6.54 Å². The molecule has 0 atom stereocenters. The SMILES string of the molecule is Cl.Cl.NCCCn1nc(-c2ccnc(-c3cccc([N+](=O)[O-])c3)c2)cc1C(=O)O. The molecule has 0 fully saturated rings. The molecule has 0 aliphatic heterocycles. The molecule has 0 amide bonds. The summed E-state index contributed by atoms with van der Waals surface area (Å²) in [4.78, 5) is 26.2. The highest BCUT2D eigenvalue weighted by atomic mass is 35.5. The Hall–Kier alpha value is -3.01. The molecule has 2 aromatic heterocycles. The Balaban J connectivity index is 0.00000210. The second kappa shape index (κ2) is 10.5. The molecule has 3 rings (SSSR count). The van der Waals surface area contributed by atoms with Crippen LogP contribution in [0.2, 0.25) is 0 Å². The number of hydrogen-bond donors (Lipinski definition) is 2. The summed E-state index contributed by atoms with van der Waals surface area (Å²) in [6.07, 6.45) is 2.17. The molecular formula is C18H19Cl2N5O4. The van der Waals surface area contributed by atoms with Gasteiger partial charge in [-0.05, 0) is 31.2 Å². The summed E-state index contributed by atoms with van der Waals surface area (Å²) >= 11 is 0. The van der Waals surface area contributed by atoms with E-state index >= 15 is 0 Å². The fourth-order valence-corrected chi connectivity index (χ4v) is 2.67. The van der Waals surface area contributed by atoms with Crippen molar-refractivity contribution in [1.82, 2.24) is 14.8 Å². The summed E-state index contributed by atoms with van der Waals surface area (Å²) in [6, 6.07) is 11.1. The monoisotopic (exact) mass is 439 g/mol. The number of carboxylic acids is 1. The molecule has 9 nitrogen and oxygen atoms in total. The number of benzene rings is 1. The zero-order chi connectivity index (χ0) is 19.4. The van der Waals surface area contributed by atoms with Gasteiger partial charge in [0.2, 0.25) is 0 Å². The van der Waals surface area contributed by atoms with Crippen LogP contribution in [0, 0.1) is 10.1 Å². The van der Waals surface area contributed by atoms with Gasteiger partial charge in [0, 0.05) is 36.0 Å². The molecule has 154 valence electrons. The molecule has 0 unspecified atom stereocenters. The predicted octanol–water partition coefficient (Wildman–Crippen LogP) is 3.41. The minimum Gasteiger partial charge on any atom is -0.477 e. The summed E-state index contributed by atoms with van der Waals surface area (Å²) in [7, 11) is 0.